The summed E-state index contributed by atoms with van der Waals surface area (Å²) >= 11 is 1.09. The zero-order valence-electron chi connectivity index (χ0n) is 4.39. The Bertz CT molecular complexity index is 94.0. The van der Waals surface area contributed by atoms with Gasteiger partial charge in [-0.15, -0.1) is 6.58 Å². The van der Waals surface area contributed by atoms with E-state index in [0.717, 1.165) is 12.0 Å². The maximum absolute atomic E-state index is 6.57. The molecule has 0 bridgehead atoms. The first-order valence-corrected chi connectivity index (χ1v) is 2.93. The largest absolute Gasteiger partial charge is 0.391 e. The van der Waals surface area contributed by atoms with Crippen LogP contribution in [0, 0.1) is 5.41 Å². The van der Waals surface area contributed by atoms with Gasteiger partial charge in [-0.1, -0.05) is 6.08 Å². The second kappa shape index (κ2) is 4.52. The molecule has 8 heavy (non-hydrogen) atoms. The summed E-state index contributed by atoms with van der Waals surface area (Å²) in [5.74, 6) is 0.652. The molecule has 4 heteroatoms. The van der Waals surface area contributed by atoms with E-state index in [4.69, 9.17) is 11.1 Å². The Balaban J connectivity index is 2.93. The summed E-state index contributed by atoms with van der Waals surface area (Å²) in [6.45, 7) is 3.45. The van der Waals surface area contributed by atoms with Crippen molar-refractivity contribution in [3.63, 3.8) is 0 Å². The lowest BCUT2D eigenvalue weighted by Gasteiger charge is -1.94. The minimum Gasteiger partial charge on any atom is -0.391 e. The molecule has 0 spiro atoms. The Kier molecular flexibility index (Phi) is 4.16. The molecular weight excluding hydrogens is 124 g/mol. The van der Waals surface area contributed by atoms with E-state index in [1.807, 2.05) is 0 Å². The standard InChI is InChI=1S/C4H8N2OS/c1-2-3-8-7-4(5)6/h2H,1,3H2,(H3,5,6). The lowest BCUT2D eigenvalue weighted by Crippen LogP contribution is -2.09. The number of nitrogens with two attached hydrogens (primary N) is 1. The number of nitrogens with one attached hydrogen (secondary N) is 1. The molecule has 0 amide bonds. The Labute approximate surface area is 52.6 Å². The monoisotopic (exact) mass is 132 g/mol. The molecule has 0 aromatic rings. The third kappa shape index (κ3) is 5.36. The van der Waals surface area contributed by atoms with Gasteiger partial charge in [-0.2, -0.15) is 0 Å². The quantitative estimate of drug-likeness (QED) is 0.196. The van der Waals surface area contributed by atoms with E-state index in [9.17, 15) is 0 Å². The molecule has 0 aliphatic rings. The minimum absolute atomic E-state index is 0.267. The van der Waals surface area contributed by atoms with Crippen LogP contribution in [0.25, 0.3) is 0 Å². The van der Waals surface area contributed by atoms with Crippen LogP contribution in [0.1, 0.15) is 0 Å². The Morgan fingerprint density at radius 1 is 2.00 bits per heavy atom. The molecule has 0 saturated heterocycles. The van der Waals surface area contributed by atoms with Crippen molar-refractivity contribution in [3.05, 3.63) is 12.7 Å². The zero-order chi connectivity index (χ0) is 6.41. The molecular formula is C4H8N2OS. The van der Waals surface area contributed by atoms with E-state index in [-0.39, 0.29) is 6.02 Å². The third-order valence-corrected chi connectivity index (χ3v) is 1.00. The van der Waals surface area contributed by atoms with Gasteiger partial charge < -0.3 is 9.92 Å². The van der Waals surface area contributed by atoms with Crippen LogP contribution in [0.15, 0.2) is 12.7 Å². The smallest absolute Gasteiger partial charge is 0.291 e. The molecule has 0 heterocycles. The summed E-state index contributed by atoms with van der Waals surface area (Å²) < 4.78 is 4.49. The predicted molar refractivity (Wildman–Crippen MR) is 35.7 cm³/mol. The first kappa shape index (κ1) is 7.36. The SMILES string of the molecule is C=CCSOC(=N)N. The molecule has 3 nitrogen and oxygen atoms in total. The third-order valence-electron chi connectivity index (χ3n) is 0.335. The molecule has 0 radical (unpaired) electrons. The fourth-order valence-electron chi connectivity index (χ4n) is 0.146. The first-order valence-electron chi connectivity index (χ1n) is 2.01. The highest BCUT2D eigenvalue weighted by molar-refractivity contribution is 7.95. The van der Waals surface area contributed by atoms with E-state index in [0.29, 0.717) is 5.75 Å². The van der Waals surface area contributed by atoms with Crippen molar-refractivity contribution in [2.24, 2.45) is 5.73 Å². The molecule has 0 unspecified atom stereocenters. The van der Waals surface area contributed by atoms with Crippen LogP contribution >= 0.6 is 12.0 Å². The van der Waals surface area contributed by atoms with Crippen LogP contribution in [0.4, 0.5) is 0 Å². The number of amidine groups is 1. The highest BCUT2D eigenvalue weighted by atomic mass is 32.2. The summed E-state index contributed by atoms with van der Waals surface area (Å²) in [5, 5.41) is 6.57. The molecule has 46 valence electrons. The Morgan fingerprint density at radius 2 is 2.62 bits per heavy atom. The summed E-state index contributed by atoms with van der Waals surface area (Å²) in [5.41, 5.74) is 4.84. The van der Waals surface area contributed by atoms with Crippen molar-refractivity contribution < 1.29 is 4.18 Å². The molecule has 0 aromatic carbocycles. The van der Waals surface area contributed by atoms with Crippen LogP contribution in [-0.2, 0) is 4.18 Å². The van der Waals surface area contributed by atoms with Crippen LogP contribution in [0.2, 0.25) is 0 Å². The van der Waals surface area contributed by atoms with E-state index < -0.39 is 0 Å². The van der Waals surface area contributed by atoms with Gasteiger partial charge >= 0.3 is 0 Å². The Morgan fingerprint density at radius 3 is 3.00 bits per heavy atom. The van der Waals surface area contributed by atoms with Crippen LogP contribution in [-0.4, -0.2) is 11.8 Å². The lowest BCUT2D eigenvalue weighted by molar-refractivity contribution is 0.629. The second-order valence-corrected chi connectivity index (χ2v) is 1.76. The molecule has 0 rings (SSSR count). The van der Waals surface area contributed by atoms with Gasteiger partial charge in [-0.3, -0.25) is 5.41 Å². The molecule has 0 fully saturated rings. The van der Waals surface area contributed by atoms with E-state index in [2.05, 4.69) is 10.8 Å². The maximum Gasteiger partial charge on any atom is 0.291 e. The summed E-state index contributed by atoms with van der Waals surface area (Å²) in [7, 11) is 0. The molecule has 3 N–H and O–H groups in total. The Hall–Kier alpha value is -0.640. The number of hydrogen-bond acceptors (Lipinski definition) is 3. The molecule has 0 aliphatic carbocycles. The first-order chi connectivity index (χ1) is 3.77. The average Bonchev–Trinajstić information content (AvgIpc) is 1.66. The maximum atomic E-state index is 6.57. The van der Waals surface area contributed by atoms with Gasteiger partial charge in [-0.25, -0.2) is 0 Å². The lowest BCUT2D eigenvalue weighted by atomic mass is 10.8. The van der Waals surface area contributed by atoms with Crippen molar-refractivity contribution in [3.8, 4) is 0 Å². The van der Waals surface area contributed by atoms with Gasteiger partial charge in [0.2, 0.25) is 0 Å². The summed E-state index contributed by atoms with van der Waals surface area (Å²) in [4.78, 5) is 0. The zero-order valence-corrected chi connectivity index (χ0v) is 5.20. The van der Waals surface area contributed by atoms with E-state index in [1.165, 1.54) is 0 Å². The van der Waals surface area contributed by atoms with Crippen molar-refractivity contribution in [1.82, 2.24) is 0 Å². The van der Waals surface area contributed by atoms with Gasteiger partial charge in [0, 0.05) is 5.75 Å². The highest BCUT2D eigenvalue weighted by Gasteiger charge is 1.85. The van der Waals surface area contributed by atoms with Crippen LogP contribution < -0.4 is 5.73 Å². The van der Waals surface area contributed by atoms with Gasteiger partial charge in [0.1, 0.15) is 0 Å². The molecule has 0 aromatic heterocycles. The summed E-state index contributed by atoms with van der Waals surface area (Å²) in [6.07, 6.45) is 1.67. The van der Waals surface area contributed by atoms with Crippen LogP contribution in [0.3, 0.4) is 0 Å². The fraction of sp³-hybridized carbons (Fsp3) is 0.250. The number of hydrogen-bond donors (Lipinski definition) is 2. The topological polar surface area (TPSA) is 59.1 Å². The van der Waals surface area contributed by atoms with E-state index >= 15 is 0 Å². The van der Waals surface area contributed by atoms with Crippen molar-refractivity contribution in [2.45, 2.75) is 0 Å². The summed E-state index contributed by atoms with van der Waals surface area (Å²) in [6, 6.07) is -0.267. The van der Waals surface area contributed by atoms with Gasteiger partial charge in [0.25, 0.3) is 6.02 Å². The predicted octanol–water partition coefficient (Wildman–Crippen LogP) is 0.731. The second-order valence-electron chi connectivity index (χ2n) is 1.02. The van der Waals surface area contributed by atoms with Crippen molar-refractivity contribution in [2.75, 3.05) is 5.75 Å². The van der Waals surface area contributed by atoms with Gasteiger partial charge in [-0.05, 0) is 0 Å². The normalized spacial score (nSPS) is 8.00. The van der Waals surface area contributed by atoms with Crippen LogP contribution in [0.5, 0.6) is 0 Å². The number of rotatable bonds is 3. The average molecular weight is 132 g/mol. The van der Waals surface area contributed by atoms with Crippen molar-refractivity contribution >= 4 is 18.1 Å². The van der Waals surface area contributed by atoms with Gasteiger partial charge in [0.15, 0.2) is 0 Å². The minimum atomic E-state index is -0.267. The molecule has 0 saturated carbocycles. The van der Waals surface area contributed by atoms with Gasteiger partial charge in [0.05, 0.1) is 12.0 Å². The molecule has 0 aliphatic heterocycles. The van der Waals surface area contributed by atoms with E-state index in [1.54, 1.807) is 6.08 Å². The molecule has 0 atom stereocenters. The van der Waals surface area contributed by atoms with Crippen molar-refractivity contribution in [1.29, 1.82) is 5.41 Å². The highest BCUT2D eigenvalue weighted by Crippen LogP contribution is 1.99. The fourth-order valence-corrected chi connectivity index (χ4v) is 0.437.